The average Bonchev–Trinajstić information content (AvgIpc) is 3.61. The SMILES string of the molecule is Cc1cc(NC(=O)COC(=O)c2ccc(N3C(=O)[C@@H]4[C@@H]5C[C@@H]([C@@H]4C3=O)[C@@H](c3ccccc3)C5)cc2)ccc1Br. The Morgan fingerprint density at radius 3 is 2.38 bits per heavy atom. The van der Waals surface area contributed by atoms with E-state index in [0.717, 1.165) is 22.9 Å². The van der Waals surface area contributed by atoms with Gasteiger partial charge in [0.05, 0.1) is 23.1 Å². The Hall–Kier alpha value is -3.78. The molecule has 1 N–H and O–H groups in total. The van der Waals surface area contributed by atoms with Crippen LogP contribution >= 0.6 is 15.9 Å². The Morgan fingerprint density at radius 1 is 0.949 bits per heavy atom. The molecule has 2 saturated carbocycles. The zero-order chi connectivity index (χ0) is 27.3. The normalized spacial score (nSPS) is 25.1. The third-order valence-electron chi connectivity index (χ3n) is 8.38. The quantitative estimate of drug-likeness (QED) is 0.305. The highest BCUT2D eigenvalue weighted by Crippen LogP contribution is 2.61. The van der Waals surface area contributed by atoms with Gasteiger partial charge in [0, 0.05) is 10.2 Å². The number of carbonyl (C=O) groups excluding carboxylic acids is 4. The lowest BCUT2D eigenvalue weighted by atomic mass is 9.73. The molecule has 198 valence electrons. The first-order valence-electron chi connectivity index (χ1n) is 13.1. The predicted molar refractivity (Wildman–Crippen MR) is 149 cm³/mol. The molecule has 7 nitrogen and oxygen atoms in total. The Labute approximate surface area is 234 Å². The third-order valence-corrected chi connectivity index (χ3v) is 9.27. The lowest BCUT2D eigenvalue weighted by Crippen LogP contribution is -2.33. The van der Waals surface area contributed by atoms with Gasteiger partial charge >= 0.3 is 5.97 Å². The van der Waals surface area contributed by atoms with Gasteiger partial charge in [-0.05, 0) is 91.1 Å². The molecule has 1 aliphatic heterocycles. The molecule has 3 aliphatic rings. The summed E-state index contributed by atoms with van der Waals surface area (Å²) in [5.74, 6) is -1.27. The first-order chi connectivity index (χ1) is 18.8. The number of nitrogens with one attached hydrogen (secondary N) is 1. The molecule has 0 radical (unpaired) electrons. The minimum atomic E-state index is -0.664. The van der Waals surface area contributed by atoms with E-state index < -0.39 is 18.5 Å². The summed E-state index contributed by atoms with van der Waals surface area (Å²) in [7, 11) is 0. The molecule has 39 heavy (non-hydrogen) atoms. The van der Waals surface area contributed by atoms with Crippen molar-refractivity contribution >= 4 is 51.0 Å². The highest BCUT2D eigenvalue weighted by atomic mass is 79.9. The van der Waals surface area contributed by atoms with E-state index in [0.29, 0.717) is 17.3 Å². The third kappa shape index (κ3) is 4.56. The molecule has 3 fully saturated rings. The van der Waals surface area contributed by atoms with Crippen LogP contribution in [0.2, 0.25) is 0 Å². The fourth-order valence-electron chi connectivity index (χ4n) is 6.68. The van der Waals surface area contributed by atoms with Gasteiger partial charge in [-0.2, -0.15) is 0 Å². The Kier molecular flexibility index (Phi) is 6.59. The largest absolute Gasteiger partial charge is 0.452 e. The molecule has 1 saturated heterocycles. The molecule has 8 heteroatoms. The van der Waals surface area contributed by atoms with Crippen LogP contribution in [0, 0.1) is 30.6 Å². The highest BCUT2D eigenvalue weighted by Gasteiger charge is 2.64. The van der Waals surface area contributed by atoms with Crippen molar-refractivity contribution in [3.63, 3.8) is 0 Å². The van der Waals surface area contributed by atoms with E-state index in [2.05, 4.69) is 33.4 Å². The van der Waals surface area contributed by atoms with Crippen LogP contribution in [0.25, 0.3) is 0 Å². The Balaban J connectivity index is 1.09. The molecular formula is C31H27BrN2O5. The Morgan fingerprint density at radius 2 is 1.67 bits per heavy atom. The van der Waals surface area contributed by atoms with Crippen molar-refractivity contribution < 1.29 is 23.9 Å². The maximum atomic E-state index is 13.5. The van der Waals surface area contributed by atoms with Crippen LogP contribution in [0.3, 0.4) is 0 Å². The zero-order valence-corrected chi connectivity index (χ0v) is 22.9. The summed E-state index contributed by atoms with van der Waals surface area (Å²) in [5.41, 5.74) is 3.50. The van der Waals surface area contributed by atoms with Crippen LogP contribution in [0.15, 0.2) is 77.3 Å². The average molecular weight is 587 g/mol. The minimum Gasteiger partial charge on any atom is -0.452 e. The lowest BCUT2D eigenvalue weighted by Gasteiger charge is -2.28. The van der Waals surface area contributed by atoms with Crippen molar-refractivity contribution in [2.24, 2.45) is 23.7 Å². The number of aryl methyl sites for hydroxylation is 1. The van der Waals surface area contributed by atoms with Gasteiger partial charge in [0.2, 0.25) is 11.8 Å². The predicted octanol–water partition coefficient (Wildman–Crippen LogP) is 5.48. The molecular weight excluding hydrogens is 560 g/mol. The number of ether oxygens (including phenoxy) is 1. The van der Waals surface area contributed by atoms with E-state index in [-0.39, 0.29) is 41.0 Å². The number of carbonyl (C=O) groups is 4. The smallest absolute Gasteiger partial charge is 0.338 e. The van der Waals surface area contributed by atoms with Crippen molar-refractivity contribution in [1.82, 2.24) is 0 Å². The van der Waals surface area contributed by atoms with Gasteiger partial charge in [-0.3, -0.25) is 19.3 Å². The van der Waals surface area contributed by atoms with Gasteiger partial charge in [-0.15, -0.1) is 0 Å². The highest BCUT2D eigenvalue weighted by molar-refractivity contribution is 9.10. The van der Waals surface area contributed by atoms with Crippen molar-refractivity contribution in [2.45, 2.75) is 25.7 Å². The molecule has 3 aromatic rings. The zero-order valence-electron chi connectivity index (χ0n) is 21.3. The first kappa shape index (κ1) is 25.5. The van der Waals surface area contributed by atoms with Gasteiger partial charge < -0.3 is 10.1 Å². The molecule has 3 amide bonds. The second kappa shape index (κ2) is 10.1. The Bertz CT molecular complexity index is 1470. The van der Waals surface area contributed by atoms with Crippen LogP contribution < -0.4 is 10.2 Å². The van der Waals surface area contributed by atoms with Crippen molar-refractivity contribution in [1.29, 1.82) is 0 Å². The number of imide groups is 1. The molecule has 2 bridgehead atoms. The molecule has 0 spiro atoms. The maximum Gasteiger partial charge on any atom is 0.338 e. The van der Waals surface area contributed by atoms with E-state index in [9.17, 15) is 19.2 Å². The second-order valence-electron chi connectivity index (χ2n) is 10.6. The van der Waals surface area contributed by atoms with E-state index in [1.807, 2.05) is 37.3 Å². The maximum absolute atomic E-state index is 13.5. The molecule has 5 atom stereocenters. The standard InChI is InChI=1S/C31H27BrN2O5/c1-17-13-21(9-12-25(17)32)33-26(35)16-39-31(38)19-7-10-22(11-8-19)34-29(36)27-20-14-23(18-5-3-2-4-6-18)24(15-20)28(27)30(34)37/h2-13,20,23-24,27-28H,14-16H2,1H3,(H,33,35)/t20-,23+,24+,27+,28-/m0/s1. The topological polar surface area (TPSA) is 92.8 Å². The van der Waals surface area contributed by atoms with E-state index in [1.165, 1.54) is 22.6 Å². The summed E-state index contributed by atoms with van der Waals surface area (Å²) in [6.45, 7) is 1.47. The summed E-state index contributed by atoms with van der Waals surface area (Å²) in [4.78, 5) is 53.0. The van der Waals surface area contributed by atoms with Crippen LogP contribution in [-0.4, -0.2) is 30.3 Å². The summed E-state index contributed by atoms with van der Waals surface area (Å²) in [6, 6.07) is 21.9. The number of esters is 1. The fourth-order valence-corrected chi connectivity index (χ4v) is 6.92. The van der Waals surface area contributed by atoms with E-state index >= 15 is 0 Å². The number of halogens is 1. The molecule has 1 heterocycles. The number of hydrogen-bond donors (Lipinski definition) is 1. The molecule has 6 rings (SSSR count). The molecule has 2 aliphatic carbocycles. The number of hydrogen-bond acceptors (Lipinski definition) is 5. The van der Waals surface area contributed by atoms with Crippen LogP contribution in [-0.2, 0) is 19.1 Å². The van der Waals surface area contributed by atoms with Gasteiger partial charge in [0.25, 0.3) is 5.91 Å². The van der Waals surface area contributed by atoms with Gasteiger partial charge in [0.1, 0.15) is 0 Å². The number of anilines is 2. The summed E-state index contributed by atoms with van der Waals surface area (Å²) < 4.78 is 6.10. The number of amides is 3. The number of rotatable bonds is 6. The van der Waals surface area contributed by atoms with Crippen LogP contribution in [0.4, 0.5) is 11.4 Å². The van der Waals surface area contributed by atoms with Crippen molar-refractivity contribution in [3.05, 3.63) is 94.0 Å². The van der Waals surface area contributed by atoms with Crippen LogP contribution in [0.1, 0.15) is 40.2 Å². The van der Waals surface area contributed by atoms with Crippen LogP contribution in [0.5, 0.6) is 0 Å². The fraction of sp³-hybridized carbons (Fsp3) is 0.290. The number of nitrogens with zero attached hydrogens (tertiary/aromatic N) is 1. The number of benzene rings is 3. The summed E-state index contributed by atoms with van der Waals surface area (Å²) in [6.07, 6.45) is 1.85. The van der Waals surface area contributed by atoms with Gasteiger partial charge in [-0.1, -0.05) is 46.3 Å². The molecule has 3 aromatic carbocycles. The monoisotopic (exact) mass is 586 g/mol. The second-order valence-corrected chi connectivity index (χ2v) is 11.5. The van der Waals surface area contributed by atoms with E-state index in [1.54, 1.807) is 18.2 Å². The first-order valence-corrected chi connectivity index (χ1v) is 13.9. The number of fused-ring (bicyclic) bond motifs is 5. The summed E-state index contributed by atoms with van der Waals surface area (Å²) in [5, 5.41) is 2.70. The lowest BCUT2D eigenvalue weighted by molar-refractivity contribution is -0.123. The van der Waals surface area contributed by atoms with Gasteiger partial charge in [0.15, 0.2) is 6.61 Å². The summed E-state index contributed by atoms with van der Waals surface area (Å²) >= 11 is 3.41. The van der Waals surface area contributed by atoms with Crippen molar-refractivity contribution in [2.75, 3.05) is 16.8 Å². The molecule has 0 aromatic heterocycles. The molecule has 0 unspecified atom stereocenters. The minimum absolute atomic E-state index is 0.140. The van der Waals surface area contributed by atoms with Gasteiger partial charge in [-0.25, -0.2) is 4.79 Å². The van der Waals surface area contributed by atoms with Crippen molar-refractivity contribution in [3.8, 4) is 0 Å². The van der Waals surface area contributed by atoms with E-state index in [4.69, 9.17) is 4.74 Å².